The zero-order valence-electron chi connectivity index (χ0n) is 15.0. The number of hydrogen-bond donors (Lipinski definition) is 1. The highest BCUT2D eigenvalue weighted by atomic mass is 19.1. The number of hydrogen-bond acceptors (Lipinski definition) is 7. The maximum Gasteiger partial charge on any atom is 0.414 e. The first kappa shape index (κ1) is 19.1. The van der Waals surface area contributed by atoms with Crippen molar-refractivity contribution in [2.45, 2.75) is 38.3 Å². The van der Waals surface area contributed by atoms with Crippen LogP contribution in [0.15, 0.2) is 28.7 Å². The van der Waals surface area contributed by atoms with Crippen molar-refractivity contribution in [1.29, 1.82) is 0 Å². The second-order valence-corrected chi connectivity index (χ2v) is 6.16. The van der Waals surface area contributed by atoms with Crippen LogP contribution in [0.5, 0.6) is 11.8 Å². The van der Waals surface area contributed by atoms with Gasteiger partial charge in [-0.2, -0.15) is 0 Å². The van der Waals surface area contributed by atoms with Crippen LogP contribution in [0.4, 0.5) is 4.39 Å². The van der Waals surface area contributed by atoms with Crippen molar-refractivity contribution in [1.82, 2.24) is 15.5 Å². The SMILES string of the molecule is CCCOc1nnc([C@H]2CC[C@H](NC(=O)COc3ccc(F)cc3)CO2)o1. The summed E-state index contributed by atoms with van der Waals surface area (Å²) in [6, 6.07) is 5.38. The van der Waals surface area contributed by atoms with Gasteiger partial charge >= 0.3 is 6.08 Å². The molecule has 1 aliphatic rings. The standard InChI is InChI=1S/C18H22FN3O5/c1-2-9-24-18-22-21-17(27-18)15-8-5-13(10-26-15)20-16(23)11-25-14-6-3-12(19)4-7-14/h3-4,6-7,13,15H,2,5,8-11H2,1H3,(H,20,23)/t13-,15+/m0/s1. The monoisotopic (exact) mass is 379 g/mol. The third-order valence-electron chi connectivity index (χ3n) is 3.95. The molecule has 0 saturated carbocycles. The molecule has 2 heterocycles. The van der Waals surface area contributed by atoms with Crippen molar-refractivity contribution in [2.75, 3.05) is 19.8 Å². The molecule has 27 heavy (non-hydrogen) atoms. The first-order valence-electron chi connectivity index (χ1n) is 8.89. The number of rotatable bonds is 8. The van der Waals surface area contributed by atoms with Gasteiger partial charge in [0.15, 0.2) is 6.61 Å². The molecule has 1 N–H and O–H groups in total. The Morgan fingerprint density at radius 1 is 1.26 bits per heavy atom. The quantitative estimate of drug-likeness (QED) is 0.752. The molecule has 0 unspecified atom stereocenters. The molecule has 0 spiro atoms. The second-order valence-electron chi connectivity index (χ2n) is 6.16. The van der Waals surface area contributed by atoms with Gasteiger partial charge in [-0.25, -0.2) is 4.39 Å². The fourth-order valence-electron chi connectivity index (χ4n) is 2.61. The molecule has 1 aromatic heterocycles. The van der Waals surface area contributed by atoms with Gasteiger partial charge in [0.2, 0.25) is 5.89 Å². The molecule has 0 bridgehead atoms. The molecular formula is C18H22FN3O5. The van der Waals surface area contributed by atoms with Crippen molar-refractivity contribution in [3.05, 3.63) is 36.0 Å². The minimum absolute atomic E-state index is 0.121. The summed E-state index contributed by atoms with van der Waals surface area (Å²) in [5.41, 5.74) is 0. The molecule has 1 amide bonds. The highest BCUT2D eigenvalue weighted by molar-refractivity contribution is 5.77. The number of amides is 1. The van der Waals surface area contributed by atoms with Crippen LogP contribution in [-0.2, 0) is 9.53 Å². The van der Waals surface area contributed by atoms with Crippen molar-refractivity contribution in [2.24, 2.45) is 0 Å². The van der Waals surface area contributed by atoms with E-state index in [1.54, 1.807) is 0 Å². The third kappa shape index (κ3) is 5.65. The zero-order valence-corrected chi connectivity index (χ0v) is 15.0. The lowest BCUT2D eigenvalue weighted by molar-refractivity contribution is -0.125. The molecule has 2 atom stereocenters. The van der Waals surface area contributed by atoms with E-state index in [1.165, 1.54) is 24.3 Å². The van der Waals surface area contributed by atoms with E-state index >= 15 is 0 Å². The number of halogens is 1. The zero-order chi connectivity index (χ0) is 19.1. The van der Waals surface area contributed by atoms with Gasteiger partial charge in [-0.05, 0) is 43.5 Å². The Morgan fingerprint density at radius 2 is 2.07 bits per heavy atom. The van der Waals surface area contributed by atoms with Crippen LogP contribution >= 0.6 is 0 Å². The lowest BCUT2D eigenvalue weighted by Gasteiger charge is -2.27. The van der Waals surface area contributed by atoms with Crippen LogP contribution in [-0.4, -0.2) is 42.0 Å². The molecule has 1 aromatic carbocycles. The van der Waals surface area contributed by atoms with E-state index in [0.29, 0.717) is 37.7 Å². The van der Waals surface area contributed by atoms with Crippen LogP contribution in [0.1, 0.15) is 38.2 Å². The highest BCUT2D eigenvalue weighted by Gasteiger charge is 2.28. The Morgan fingerprint density at radius 3 is 2.78 bits per heavy atom. The summed E-state index contributed by atoms with van der Waals surface area (Å²) >= 11 is 0. The average Bonchev–Trinajstić information content (AvgIpc) is 3.15. The van der Waals surface area contributed by atoms with Gasteiger partial charge in [0, 0.05) is 0 Å². The molecule has 146 valence electrons. The first-order valence-corrected chi connectivity index (χ1v) is 8.89. The summed E-state index contributed by atoms with van der Waals surface area (Å²) in [5, 5.41) is 10.6. The normalized spacial score (nSPS) is 19.5. The topological polar surface area (TPSA) is 95.7 Å². The van der Waals surface area contributed by atoms with Crippen LogP contribution in [0.2, 0.25) is 0 Å². The molecule has 0 aliphatic carbocycles. The van der Waals surface area contributed by atoms with Crippen LogP contribution < -0.4 is 14.8 Å². The maximum atomic E-state index is 12.8. The minimum atomic E-state index is -0.356. The van der Waals surface area contributed by atoms with E-state index in [2.05, 4.69) is 15.5 Å². The average molecular weight is 379 g/mol. The van der Waals surface area contributed by atoms with Gasteiger partial charge in [0.1, 0.15) is 17.7 Å². The smallest absolute Gasteiger partial charge is 0.414 e. The Labute approximate surface area is 156 Å². The predicted molar refractivity (Wildman–Crippen MR) is 91.8 cm³/mol. The van der Waals surface area contributed by atoms with Crippen LogP contribution in [0, 0.1) is 5.82 Å². The molecule has 2 aromatic rings. The molecule has 3 rings (SSSR count). The summed E-state index contributed by atoms with van der Waals surface area (Å²) in [4.78, 5) is 12.0. The Bertz CT molecular complexity index is 729. The highest BCUT2D eigenvalue weighted by Crippen LogP contribution is 2.28. The Balaban J connectivity index is 1.39. The lowest BCUT2D eigenvalue weighted by atomic mass is 10.1. The third-order valence-corrected chi connectivity index (χ3v) is 3.95. The van der Waals surface area contributed by atoms with Crippen LogP contribution in [0.25, 0.3) is 0 Å². The first-order chi connectivity index (χ1) is 13.1. The summed E-state index contributed by atoms with van der Waals surface area (Å²) in [7, 11) is 0. The van der Waals surface area contributed by atoms with Crippen molar-refractivity contribution in [3.8, 4) is 11.8 Å². The summed E-state index contributed by atoms with van der Waals surface area (Å²) in [6.07, 6.45) is 2.03. The second kappa shape index (κ2) is 9.31. The Hall–Kier alpha value is -2.68. The van der Waals surface area contributed by atoms with Crippen LogP contribution in [0.3, 0.4) is 0 Å². The summed E-state index contributed by atoms with van der Waals surface area (Å²) in [5.74, 6) is 0.194. The lowest BCUT2D eigenvalue weighted by Crippen LogP contribution is -2.43. The van der Waals surface area contributed by atoms with Crippen molar-refractivity contribution in [3.63, 3.8) is 0 Å². The molecular weight excluding hydrogens is 357 g/mol. The fraction of sp³-hybridized carbons (Fsp3) is 0.500. The summed E-state index contributed by atoms with van der Waals surface area (Å²) < 4.78 is 34.6. The number of nitrogens with zero attached hydrogens (tertiary/aromatic N) is 2. The van der Waals surface area contributed by atoms with E-state index in [1.807, 2.05) is 6.92 Å². The van der Waals surface area contributed by atoms with Gasteiger partial charge in [-0.1, -0.05) is 12.0 Å². The van der Waals surface area contributed by atoms with E-state index in [4.69, 9.17) is 18.6 Å². The summed E-state index contributed by atoms with van der Waals surface area (Å²) in [6.45, 7) is 2.69. The fourth-order valence-corrected chi connectivity index (χ4v) is 2.61. The molecule has 1 aliphatic heterocycles. The number of ether oxygens (including phenoxy) is 3. The number of aromatic nitrogens is 2. The largest absolute Gasteiger partial charge is 0.484 e. The van der Waals surface area contributed by atoms with Crippen molar-refractivity contribution < 1.29 is 27.8 Å². The maximum absolute atomic E-state index is 12.8. The molecule has 1 fully saturated rings. The molecule has 8 nitrogen and oxygen atoms in total. The van der Waals surface area contributed by atoms with E-state index in [0.717, 1.165) is 6.42 Å². The Kier molecular flexibility index (Phi) is 6.59. The number of carbonyl (C=O) groups excluding carboxylic acids is 1. The van der Waals surface area contributed by atoms with E-state index < -0.39 is 0 Å². The molecule has 9 heteroatoms. The van der Waals surface area contributed by atoms with Gasteiger partial charge < -0.3 is 23.9 Å². The van der Waals surface area contributed by atoms with Gasteiger partial charge in [0.25, 0.3) is 5.91 Å². The number of carbonyl (C=O) groups is 1. The van der Waals surface area contributed by atoms with Crippen molar-refractivity contribution >= 4 is 5.91 Å². The van der Waals surface area contributed by atoms with E-state index in [9.17, 15) is 9.18 Å². The van der Waals surface area contributed by atoms with Gasteiger partial charge in [-0.15, -0.1) is 5.10 Å². The van der Waals surface area contributed by atoms with Gasteiger partial charge in [0.05, 0.1) is 19.3 Å². The molecule has 0 radical (unpaired) electrons. The number of benzene rings is 1. The predicted octanol–water partition coefficient (Wildman–Crippen LogP) is 2.41. The van der Waals surface area contributed by atoms with E-state index in [-0.39, 0.29) is 36.6 Å². The van der Waals surface area contributed by atoms with Gasteiger partial charge in [-0.3, -0.25) is 4.79 Å². The minimum Gasteiger partial charge on any atom is -0.484 e. The molecule has 1 saturated heterocycles. The number of nitrogens with one attached hydrogen (secondary N) is 1.